The van der Waals surface area contributed by atoms with E-state index in [1.807, 2.05) is 55.5 Å². The maximum absolute atomic E-state index is 12.6. The summed E-state index contributed by atoms with van der Waals surface area (Å²) < 4.78 is 12.6. The highest BCUT2D eigenvalue weighted by Crippen LogP contribution is 2.34. The fraction of sp³-hybridized carbons (Fsp3) is 0.107. The molecule has 4 aromatic rings. The topological polar surface area (TPSA) is 104 Å². The first-order chi connectivity index (χ1) is 17.5. The Bertz CT molecular complexity index is 1490. The van der Waals surface area contributed by atoms with E-state index in [1.54, 1.807) is 24.3 Å². The molecule has 0 unspecified atom stereocenters. The summed E-state index contributed by atoms with van der Waals surface area (Å²) in [5.74, 6) is 0.450. The number of fused-ring (bicyclic) bond motifs is 1. The molecule has 0 fully saturated rings. The van der Waals surface area contributed by atoms with Crippen LogP contribution in [0.2, 0.25) is 0 Å². The normalized spacial score (nSPS) is 10.8. The second kappa shape index (κ2) is 11.6. The van der Waals surface area contributed by atoms with Crippen molar-refractivity contribution in [1.29, 1.82) is 5.26 Å². The molecule has 0 radical (unpaired) electrons. The van der Waals surface area contributed by atoms with E-state index < -0.39 is 5.91 Å². The zero-order valence-corrected chi connectivity index (χ0v) is 21.5. The summed E-state index contributed by atoms with van der Waals surface area (Å²) in [7, 11) is 0. The van der Waals surface area contributed by atoms with Gasteiger partial charge >= 0.3 is 0 Å². The Kier molecular flexibility index (Phi) is 8.02. The van der Waals surface area contributed by atoms with Crippen molar-refractivity contribution in [1.82, 2.24) is 5.43 Å². The molecule has 8 heteroatoms. The number of amides is 1. The number of rotatable bonds is 8. The fourth-order valence-electron chi connectivity index (χ4n) is 3.61. The smallest absolute Gasteiger partial charge is 0.275 e. The third-order valence-electron chi connectivity index (χ3n) is 5.33. The van der Waals surface area contributed by atoms with Crippen LogP contribution in [-0.2, 0) is 6.61 Å². The highest BCUT2D eigenvalue weighted by atomic mass is 127. The number of hydrazone groups is 1. The van der Waals surface area contributed by atoms with Crippen molar-refractivity contribution in [3.63, 3.8) is 0 Å². The minimum Gasteiger partial charge on any atom is -0.507 e. The van der Waals surface area contributed by atoms with Crippen molar-refractivity contribution in [3.8, 4) is 23.3 Å². The van der Waals surface area contributed by atoms with Gasteiger partial charge in [-0.15, -0.1) is 0 Å². The van der Waals surface area contributed by atoms with E-state index in [0.29, 0.717) is 29.2 Å². The molecule has 2 N–H and O–H groups in total. The molecule has 0 saturated carbocycles. The molecular weight excluding hydrogens is 569 g/mol. The number of ether oxygens (including phenoxy) is 2. The average Bonchev–Trinajstić information content (AvgIpc) is 2.88. The highest BCUT2D eigenvalue weighted by Gasteiger charge is 2.14. The van der Waals surface area contributed by atoms with Crippen molar-refractivity contribution >= 4 is 45.5 Å². The molecule has 36 heavy (non-hydrogen) atoms. The monoisotopic (exact) mass is 591 g/mol. The first-order valence-electron chi connectivity index (χ1n) is 11.1. The molecule has 0 spiro atoms. The number of carbonyl (C=O) groups is 1. The third-order valence-corrected chi connectivity index (χ3v) is 6.13. The number of phenols is 1. The minimum absolute atomic E-state index is 0.117. The van der Waals surface area contributed by atoms with Crippen LogP contribution in [0.5, 0.6) is 17.2 Å². The second-order valence-electron chi connectivity index (χ2n) is 7.74. The Morgan fingerprint density at radius 3 is 2.56 bits per heavy atom. The van der Waals surface area contributed by atoms with Gasteiger partial charge in [-0.2, -0.15) is 10.4 Å². The first-order valence-corrected chi connectivity index (χ1v) is 12.2. The summed E-state index contributed by atoms with van der Waals surface area (Å²) in [6.45, 7) is 2.52. The van der Waals surface area contributed by atoms with Crippen LogP contribution in [0, 0.1) is 14.9 Å². The van der Waals surface area contributed by atoms with Crippen LogP contribution < -0.4 is 14.9 Å². The van der Waals surface area contributed by atoms with Crippen LogP contribution in [-0.4, -0.2) is 23.8 Å². The van der Waals surface area contributed by atoms with Crippen LogP contribution in [0.1, 0.15) is 34.0 Å². The van der Waals surface area contributed by atoms with Crippen molar-refractivity contribution in [2.45, 2.75) is 13.5 Å². The molecule has 0 bridgehead atoms. The number of phenolic OH excluding ortho intramolecular Hbond substituents is 1. The number of benzene rings is 4. The van der Waals surface area contributed by atoms with Gasteiger partial charge in [-0.1, -0.05) is 42.5 Å². The van der Waals surface area contributed by atoms with Gasteiger partial charge in [0.2, 0.25) is 0 Å². The van der Waals surface area contributed by atoms with E-state index in [4.69, 9.17) is 9.47 Å². The predicted molar refractivity (Wildman–Crippen MR) is 146 cm³/mol. The van der Waals surface area contributed by atoms with Gasteiger partial charge in [0.05, 0.1) is 33.6 Å². The van der Waals surface area contributed by atoms with Gasteiger partial charge in [0.1, 0.15) is 12.4 Å². The number of halogens is 1. The van der Waals surface area contributed by atoms with Gasteiger partial charge in [-0.05, 0) is 76.2 Å². The Balaban J connectivity index is 1.50. The van der Waals surface area contributed by atoms with Crippen LogP contribution >= 0.6 is 22.6 Å². The predicted octanol–water partition coefficient (Wildman–Crippen LogP) is 5.76. The van der Waals surface area contributed by atoms with Crippen LogP contribution in [0.4, 0.5) is 0 Å². The summed E-state index contributed by atoms with van der Waals surface area (Å²) in [6.07, 6.45) is 1.50. The first kappa shape index (κ1) is 25.0. The van der Waals surface area contributed by atoms with Gasteiger partial charge < -0.3 is 14.6 Å². The molecular formula is C28H22IN3O4. The Morgan fingerprint density at radius 2 is 1.81 bits per heavy atom. The standard InChI is InChI=1S/C28H22IN3O4/c1-2-35-26-12-18(11-24(29)27(26)36-17-22-10-6-5-9-21(22)15-30)16-31-32-28(34)23-13-19-7-3-4-8-20(19)14-25(23)33/h3-14,16,33H,2,17H2,1H3,(H,32,34). The number of hydrogen-bond acceptors (Lipinski definition) is 6. The summed E-state index contributed by atoms with van der Waals surface area (Å²) >= 11 is 2.15. The Hall–Kier alpha value is -4.10. The van der Waals surface area contributed by atoms with E-state index >= 15 is 0 Å². The van der Waals surface area contributed by atoms with Gasteiger partial charge in [-0.25, -0.2) is 5.43 Å². The number of aromatic hydroxyl groups is 1. The zero-order valence-electron chi connectivity index (χ0n) is 19.4. The van der Waals surface area contributed by atoms with Crippen molar-refractivity contribution in [2.75, 3.05) is 6.61 Å². The molecule has 0 atom stereocenters. The third kappa shape index (κ3) is 5.75. The number of nitrogens with one attached hydrogen (secondary N) is 1. The maximum atomic E-state index is 12.6. The highest BCUT2D eigenvalue weighted by molar-refractivity contribution is 14.1. The van der Waals surface area contributed by atoms with E-state index in [2.05, 4.69) is 39.2 Å². The lowest BCUT2D eigenvalue weighted by Gasteiger charge is -2.15. The molecule has 4 rings (SSSR count). The lowest BCUT2D eigenvalue weighted by atomic mass is 10.1. The average molecular weight is 591 g/mol. The van der Waals surface area contributed by atoms with E-state index in [-0.39, 0.29) is 17.9 Å². The minimum atomic E-state index is -0.523. The fourth-order valence-corrected chi connectivity index (χ4v) is 4.39. The molecule has 180 valence electrons. The number of nitriles is 1. The SMILES string of the molecule is CCOc1cc(C=NNC(=O)c2cc3ccccc3cc2O)cc(I)c1OCc1ccccc1C#N. The van der Waals surface area contributed by atoms with Gasteiger partial charge in [0.25, 0.3) is 5.91 Å². The summed E-state index contributed by atoms with van der Waals surface area (Å²) in [4.78, 5) is 12.6. The number of carbonyl (C=O) groups excluding carboxylic acids is 1. The molecule has 1 amide bonds. The molecule has 7 nitrogen and oxygen atoms in total. The quantitative estimate of drug-likeness (QED) is 0.154. The maximum Gasteiger partial charge on any atom is 0.275 e. The lowest BCUT2D eigenvalue weighted by molar-refractivity contribution is 0.0952. The summed E-state index contributed by atoms with van der Waals surface area (Å²) in [6, 6.07) is 23.7. The van der Waals surface area contributed by atoms with Crippen molar-refractivity contribution in [2.24, 2.45) is 5.10 Å². The molecule has 0 heterocycles. The van der Waals surface area contributed by atoms with Gasteiger partial charge in [0.15, 0.2) is 11.5 Å². The van der Waals surface area contributed by atoms with Crippen LogP contribution in [0.25, 0.3) is 10.8 Å². The Morgan fingerprint density at radius 1 is 1.08 bits per heavy atom. The molecule has 0 aliphatic rings. The number of hydrogen-bond donors (Lipinski definition) is 2. The summed E-state index contributed by atoms with van der Waals surface area (Å²) in [5.41, 5.74) is 4.63. The lowest BCUT2D eigenvalue weighted by Crippen LogP contribution is -2.17. The molecule has 0 aliphatic carbocycles. The van der Waals surface area contributed by atoms with Crippen molar-refractivity contribution < 1.29 is 19.4 Å². The Labute approximate surface area is 222 Å². The molecule has 0 saturated heterocycles. The van der Waals surface area contributed by atoms with Gasteiger partial charge in [0, 0.05) is 5.56 Å². The molecule has 4 aromatic carbocycles. The molecule has 0 aromatic heterocycles. The van der Waals surface area contributed by atoms with E-state index in [0.717, 1.165) is 19.9 Å². The van der Waals surface area contributed by atoms with Crippen LogP contribution in [0.3, 0.4) is 0 Å². The van der Waals surface area contributed by atoms with E-state index in [9.17, 15) is 15.2 Å². The summed E-state index contributed by atoms with van der Waals surface area (Å²) in [5, 5.41) is 25.3. The molecule has 0 aliphatic heterocycles. The zero-order chi connectivity index (χ0) is 25.5. The second-order valence-corrected chi connectivity index (χ2v) is 8.90. The largest absolute Gasteiger partial charge is 0.507 e. The van der Waals surface area contributed by atoms with E-state index in [1.165, 1.54) is 6.21 Å². The number of nitrogens with zero attached hydrogens (tertiary/aromatic N) is 2. The van der Waals surface area contributed by atoms with Crippen molar-refractivity contribution in [3.05, 3.63) is 98.6 Å². The van der Waals surface area contributed by atoms with Gasteiger partial charge in [-0.3, -0.25) is 4.79 Å². The van der Waals surface area contributed by atoms with Crippen LogP contribution in [0.15, 0.2) is 77.9 Å².